The van der Waals surface area contributed by atoms with Gasteiger partial charge in [0.05, 0.1) is 4.88 Å². The predicted molar refractivity (Wildman–Crippen MR) is 85.9 cm³/mol. The maximum Gasteiger partial charge on any atom is 0.275 e. The monoisotopic (exact) mass is 330 g/mol. The van der Waals surface area contributed by atoms with Crippen LogP contribution in [0.2, 0.25) is 0 Å². The highest BCUT2D eigenvalue weighted by molar-refractivity contribution is 7.20. The molecule has 0 aliphatic carbocycles. The predicted octanol–water partition coefficient (Wildman–Crippen LogP) is 3.85. The highest BCUT2D eigenvalue weighted by Crippen LogP contribution is 2.34. The lowest BCUT2D eigenvalue weighted by atomic mass is 10.2. The third-order valence-corrected chi connectivity index (χ3v) is 4.98. The van der Waals surface area contributed by atoms with Crippen LogP contribution in [0.1, 0.15) is 10.5 Å². The Balaban J connectivity index is 1.53. The normalized spacial score (nSPS) is 12.4. The minimum atomic E-state index is -0.238. The number of nitrogens with one attached hydrogen (secondary N) is 1. The second-order valence-corrected chi connectivity index (χ2v) is 6.34. The first kappa shape index (κ1) is 13.3. The van der Waals surface area contributed by atoms with Crippen LogP contribution in [0.5, 0.6) is 11.5 Å². The van der Waals surface area contributed by atoms with E-state index in [1.807, 2.05) is 17.5 Å². The largest absolute Gasteiger partial charge is 0.454 e. The van der Waals surface area contributed by atoms with Gasteiger partial charge in [-0.25, -0.2) is 4.98 Å². The molecule has 0 saturated carbocycles. The van der Waals surface area contributed by atoms with Crippen LogP contribution >= 0.6 is 22.7 Å². The van der Waals surface area contributed by atoms with Gasteiger partial charge < -0.3 is 14.8 Å². The Morgan fingerprint density at radius 1 is 1.18 bits per heavy atom. The third kappa shape index (κ3) is 2.44. The Bertz CT molecular complexity index is 827. The van der Waals surface area contributed by atoms with Crippen LogP contribution in [0.25, 0.3) is 9.88 Å². The van der Waals surface area contributed by atoms with Crippen molar-refractivity contribution in [1.82, 2.24) is 4.98 Å². The number of nitrogens with zero attached hydrogens (tertiary/aromatic N) is 1. The summed E-state index contributed by atoms with van der Waals surface area (Å²) >= 11 is 3.06. The summed E-state index contributed by atoms with van der Waals surface area (Å²) in [7, 11) is 0. The van der Waals surface area contributed by atoms with Crippen molar-refractivity contribution in [3.63, 3.8) is 0 Å². The number of carbonyl (C=O) groups is 1. The molecule has 3 heterocycles. The van der Waals surface area contributed by atoms with Crippen molar-refractivity contribution < 1.29 is 14.3 Å². The van der Waals surface area contributed by atoms with E-state index in [1.54, 1.807) is 34.9 Å². The summed E-state index contributed by atoms with van der Waals surface area (Å²) in [5.41, 5.74) is 1.06. The zero-order valence-electron chi connectivity index (χ0n) is 11.2. The molecule has 1 aliphatic rings. The standard InChI is InChI=1S/C15H10N2O3S2/c18-14(10-7-22-15(17-10)13-2-1-5-21-13)16-9-3-4-11-12(6-9)20-8-19-11/h1-7H,8H2,(H,16,18). The van der Waals surface area contributed by atoms with Crippen molar-refractivity contribution in [1.29, 1.82) is 0 Å². The van der Waals surface area contributed by atoms with Crippen molar-refractivity contribution in [3.05, 3.63) is 46.8 Å². The zero-order valence-corrected chi connectivity index (χ0v) is 12.9. The summed E-state index contributed by atoms with van der Waals surface area (Å²) in [5.74, 6) is 1.08. The molecular formula is C15H10N2O3S2. The highest BCUT2D eigenvalue weighted by atomic mass is 32.1. The summed E-state index contributed by atoms with van der Waals surface area (Å²) in [4.78, 5) is 17.7. The molecule has 2 aromatic heterocycles. The molecule has 22 heavy (non-hydrogen) atoms. The Kier molecular flexibility index (Phi) is 3.28. The van der Waals surface area contributed by atoms with E-state index in [0.29, 0.717) is 22.9 Å². The number of ether oxygens (including phenoxy) is 2. The number of carbonyl (C=O) groups excluding carboxylic acids is 1. The molecule has 1 N–H and O–H groups in total. The fourth-order valence-corrected chi connectivity index (χ4v) is 3.68. The summed E-state index contributed by atoms with van der Waals surface area (Å²) < 4.78 is 10.5. The summed E-state index contributed by atoms with van der Waals surface area (Å²) in [6.45, 7) is 0.211. The fraction of sp³-hybridized carbons (Fsp3) is 0.0667. The van der Waals surface area contributed by atoms with E-state index in [2.05, 4.69) is 10.3 Å². The summed E-state index contributed by atoms with van der Waals surface area (Å²) in [6, 6.07) is 9.25. The molecule has 5 nitrogen and oxygen atoms in total. The number of aromatic nitrogens is 1. The van der Waals surface area contributed by atoms with E-state index >= 15 is 0 Å². The van der Waals surface area contributed by atoms with Crippen molar-refractivity contribution in [2.45, 2.75) is 0 Å². The molecule has 0 radical (unpaired) electrons. The maximum absolute atomic E-state index is 12.3. The molecular weight excluding hydrogens is 320 g/mol. The maximum atomic E-state index is 12.3. The van der Waals surface area contributed by atoms with E-state index < -0.39 is 0 Å². The molecule has 3 aromatic rings. The van der Waals surface area contributed by atoms with Crippen LogP contribution in [0.15, 0.2) is 41.1 Å². The molecule has 1 aliphatic heterocycles. The minimum Gasteiger partial charge on any atom is -0.454 e. The number of anilines is 1. The topological polar surface area (TPSA) is 60.5 Å². The van der Waals surface area contributed by atoms with Gasteiger partial charge in [0.25, 0.3) is 5.91 Å². The number of thiophene rings is 1. The van der Waals surface area contributed by atoms with Crippen LogP contribution < -0.4 is 14.8 Å². The van der Waals surface area contributed by atoms with Crippen molar-refractivity contribution in [2.75, 3.05) is 12.1 Å². The first-order valence-corrected chi connectivity index (χ1v) is 8.26. The van der Waals surface area contributed by atoms with Crippen LogP contribution in [-0.4, -0.2) is 17.7 Å². The Morgan fingerprint density at radius 3 is 2.95 bits per heavy atom. The number of benzene rings is 1. The second-order valence-electron chi connectivity index (χ2n) is 4.54. The molecule has 7 heteroatoms. The smallest absolute Gasteiger partial charge is 0.275 e. The molecule has 0 saturated heterocycles. The van der Waals surface area contributed by atoms with E-state index in [4.69, 9.17) is 9.47 Å². The lowest BCUT2D eigenvalue weighted by Gasteiger charge is -2.04. The average Bonchev–Trinajstić information content (AvgIpc) is 3.26. The lowest BCUT2D eigenvalue weighted by molar-refractivity contribution is 0.102. The molecule has 0 unspecified atom stereocenters. The molecule has 1 aromatic carbocycles. The number of rotatable bonds is 3. The second kappa shape index (κ2) is 5.43. The van der Waals surface area contributed by atoms with Crippen LogP contribution in [0, 0.1) is 0 Å². The SMILES string of the molecule is O=C(Nc1ccc2c(c1)OCO2)c1csc(-c2cccs2)n1. The van der Waals surface area contributed by atoms with Gasteiger partial charge in [-0.05, 0) is 23.6 Å². The van der Waals surface area contributed by atoms with Gasteiger partial charge in [0, 0.05) is 17.1 Å². The van der Waals surface area contributed by atoms with Gasteiger partial charge in [0.1, 0.15) is 10.7 Å². The van der Waals surface area contributed by atoms with E-state index in [0.717, 1.165) is 9.88 Å². The molecule has 1 amide bonds. The fourth-order valence-electron chi connectivity index (χ4n) is 2.06. The third-order valence-electron chi connectivity index (χ3n) is 3.10. The van der Waals surface area contributed by atoms with Crippen LogP contribution in [0.4, 0.5) is 5.69 Å². The average molecular weight is 330 g/mol. The Hall–Kier alpha value is -2.38. The number of hydrogen-bond donors (Lipinski definition) is 1. The lowest BCUT2D eigenvalue weighted by Crippen LogP contribution is -2.12. The van der Waals surface area contributed by atoms with Crippen molar-refractivity contribution >= 4 is 34.3 Å². The molecule has 0 atom stereocenters. The van der Waals surface area contributed by atoms with Gasteiger partial charge >= 0.3 is 0 Å². The van der Waals surface area contributed by atoms with Gasteiger partial charge in [-0.15, -0.1) is 22.7 Å². The van der Waals surface area contributed by atoms with Gasteiger partial charge in [0.2, 0.25) is 6.79 Å². The van der Waals surface area contributed by atoms with Crippen molar-refractivity contribution in [2.24, 2.45) is 0 Å². The zero-order chi connectivity index (χ0) is 14.9. The molecule has 4 rings (SSSR count). The van der Waals surface area contributed by atoms with Gasteiger partial charge in [-0.3, -0.25) is 4.79 Å². The van der Waals surface area contributed by atoms with Gasteiger partial charge in [0.15, 0.2) is 11.5 Å². The number of amides is 1. The minimum absolute atomic E-state index is 0.211. The van der Waals surface area contributed by atoms with Gasteiger partial charge in [-0.2, -0.15) is 0 Å². The summed E-state index contributed by atoms with van der Waals surface area (Å²) in [6.07, 6.45) is 0. The number of fused-ring (bicyclic) bond motifs is 1. The quantitative estimate of drug-likeness (QED) is 0.792. The van der Waals surface area contributed by atoms with E-state index in [9.17, 15) is 4.79 Å². The van der Waals surface area contributed by atoms with E-state index in [-0.39, 0.29) is 12.7 Å². The first-order valence-electron chi connectivity index (χ1n) is 6.50. The molecule has 0 fully saturated rings. The van der Waals surface area contributed by atoms with Gasteiger partial charge in [-0.1, -0.05) is 6.07 Å². The van der Waals surface area contributed by atoms with E-state index in [1.165, 1.54) is 11.3 Å². The van der Waals surface area contributed by atoms with Crippen LogP contribution in [0.3, 0.4) is 0 Å². The molecule has 110 valence electrons. The highest BCUT2D eigenvalue weighted by Gasteiger charge is 2.16. The molecule has 0 bridgehead atoms. The molecule has 0 spiro atoms. The number of hydrogen-bond acceptors (Lipinski definition) is 6. The Labute approximate surface area is 134 Å². The number of thiazole rings is 1. The Morgan fingerprint density at radius 2 is 2.09 bits per heavy atom. The summed E-state index contributed by atoms with van der Waals surface area (Å²) in [5, 5.41) is 7.42. The van der Waals surface area contributed by atoms with Crippen molar-refractivity contribution in [3.8, 4) is 21.4 Å². The van der Waals surface area contributed by atoms with Crippen LogP contribution in [-0.2, 0) is 0 Å². The first-order chi connectivity index (χ1) is 10.8.